The van der Waals surface area contributed by atoms with E-state index in [1.807, 2.05) is 52.1 Å². The normalized spacial score (nSPS) is 15.9. The zero-order valence-electron chi connectivity index (χ0n) is 43.6. The van der Waals surface area contributed by atoms with E-state index in [-0.39, 0.29) is 50.4 Å². The highest BCUT2D eigenvalue weighted by atomic mass is 32.2. The minimum absolute atomic E-state index is 0.0166. The van der Waals surface area contributed by atoms with E-state index in [2.05, 4.69) is 47.5 Å². The fourth-order valence-electron chi connectivity index (χ4n) is 7.56. The number of aromatic amines is 1. The Morgan fingerprint density at radius 3 is 1.60 bits per heavy atom. The van der Waals surface area contributed by atoms with Gasteiger partial charge in [0.2, 0.25) is 53.2 Å². The number of rotatable bonds is 32. The minimum atomic E-state index is -1.74. The molecule has 1 aromatic carbocycles. The van der Waals surface area contributed by atoms with Crippen molar-refractivity contribution < 1.29 is 58.2 Å². The van der Waals surface area contributed by atoms with Crippen molar-refractivity contribution in [3.8, 4) is 0 Å². The molecule has 0 aliphatic heterocycles. The first kappa shape index (κ1) is 62.8. The van der Waals surface area contributed by atoms with Crippen LogP contribution in [-0.4, -0.2) is 147 Å². The van der Waals surface area contributed by atoms with Gasteiger partial charge in [-0.2, -0.15) is 11.8 Å². The van der Waals surface area contributed by atoms with Gasteiger partial charge in [0.15, 0.2) is 0 Å². The molecule has 1 heterocycles. The van der Waals surface area contributed by atoms with Gasteiger partial charge in [0.25, 0.3) is 0 Å². The molecule has 73 heavy (non-hydrogen) atoms. The Balaban J connectivity index is 2.53. The van der Waals surface area contributed by atoms with Crippen molar-refractivity contribution in [2.75, 3.05) is 12.0 Å². The lowest BCUT2D eigenvalue weighted by molar-refractivity contribution is -0.142. The number of H-pyrrole nitrogens is 1. The molecule has 2 aromatic rings. The van der Waals surface area contributed by atoms with Crippen molar-refractivity contribution in [2.45, 2.75) is 168 Å². The lowest BCUT2D eigenvalue weighted by Gasteiger charge is -2.30. The predicted molar refractivity (Wildman–Crippen MR) is 276 cm³/mol. The van der Waals surface area contributed by atoms with Crippen LogP contribution in [-0.2, 0) is 54.4 Å². The number of aliphatic hydroxyl groups is 1. The number of nitrogens with one attached hydrogen (secondary N) is 9. The zero-order chi connectivity index (χ0) is 55.3. The first-order valence-corrected chi connectivity index (χ1v) is 26.0. The molecule has 0 spiro atoms. The molecule has 0 saturated carbocycles. The first-order valence-electron chi connectivity index (χ1n) is 24.6. The maximum Gasteiger partial charge on any atom is 0.325 e. The number of carboxylic acid groups (broad SMARTS) is 1. The number of carbonyl (C=O) groups excluding carboxylic acids is 9. The van der Waals surface area contributed by atoms with Gasteiger partial charge in [-0.05, 0) is 87.8 Å². The number of carboxylic acids is 1. The molecule has 0 aliphatic rings. The maximum absolute atomic E-state index is 14.6. The number of aliphatic carboxylic acids is 1. The summed E-state index contributed by atoms with van der Waals surface area (Å²) in [4.78, 5) is 137. The van der Waals surface area contributed by atoms with Gasteiger partial charge in [-0.1, -0.05) is 66.2 Å². The lowest BCUT2D eigenvalue weighted by atomic mass is 9.96. The number of aliphatic hydroxyl groups excluding tert-OH is 1. The first-order chi connectivity index (χ1) is 34.2. The van der Waals surface area contributed by atoms with E-state index in [1.165, 1.54) is 32.5 Å². The molecule has 0 bridgehead atoms. The predicted octanol–water partition coefficient (Wildman–Crippen LogP) is -0.422. The van der Waals surface area contributed by atoms with Crippen LogP contribution in [0.25, 0.3) is 10.9 Å². The molecule has 11 atom stereocenters. The molecule has 0 unspecified atom stereocenters. The number of amides is 9. The third kappa shape index (κ3) is 21.0. The third-order valence-electron chi connectivity index (χ3n) is 12.0. The second-order valence-electron chi connectivity index (χ2n) is 19.4. The van der Waals surface area contributed by atoms with Crippen LogP contribution in [0.4, 0.5) is 0 Å². The monoisotopic (exact) mass is 1050 g/mol. The summed E-state index contributed by atoms with van der Waals surface area (Å²) in [7, 11) is 0. The van der Waals surface area contributed by atoms with Crippen LogP contribution in [0.3, 0.4) is 0 Å². The summed E-state index contributed by atoms with van der Waals surface area (Å²) in [6, 6.07) is -4.39. The maximum atomic E-state index is 14.6. The van der Waals surface area contributed by atoms with Crippen molar-refractivity contribution in [2.24, 2.45) is 29.2 Å². The molecule has 2 rings (SSSR count). The van der Waals surface area contributed by atoms with Gasteiger partial charge >= 0.3 is 5.97 Å². The van der Waals surface area contributed by atoms with Crippen LogP contribution in [0, 0.1) is 17.8 Å². The molecule has 15 N–H and O–H groups in total. The number of carbonyl (C=O) groups is 10. The van der Waals surface area contributed by atoms with Crippen LogP contribution in [0.5, 0.6) is 0 Å². The van der Waals surface area contributed by atoms with Crippen molar-refractivity contribution in [1.29, 1.82) is 0 Å². The summed E-state index contributed by atoms with van der Waals surface area (Å²) >= 11 is 1.40. The molecular formula is C49H79N11O12S. The zero-order valence-corrected chi connectivity index (χ0v) is 44.4. The standard InChI is InChI=1S/C49H79N11O12S/c1-11-26(6)39(47(69)60-40(29(9)61)48(70)55-33(16-17-38(51)62)42(64)53-28(8)49(71)72)59-46(68)37(22-30-23-52-32-15-13-12-14-31(30)32)58-43(65)34(18-19-73-10)54-44(66)36(21-25(4)5)57-45(67)35(20-24(2)3)56-41(63)27(7)50/h12-15,23-29,33-37,39-40,52,61H,11,16-22,50H2,1-10H3,(H2,51,62)(H,53,64)(H,54,66)(H,55,70)(H,56,63)(H,57,67)(H,58,65)(H,59,68)(H,60,69)(H,71,72)/t26-,27-,28-,29+,33-,34-,35-,36-,37-,39-,40-/m0/s1. The summed E-state index contributed by atoms with van der Waals surface area (Å²) in [5.41, 5.74) is 12.4. The average molecular weight is 1050 g/mol. The van der Waals surface area contributed by atoms with E-state index in [0.29, 0.717) is 17.7 Å². The average Bonchev–Trinajstić information content (AvgIpc) is 3.72. The summed E-state index contributed by atoms with van der Waals surface area (Å²) in [5.74, 6) is -8.91. The second kappa shape index (κ2) is 30.7. The van der Waals surface area contributed by atoms with Crippen molar-refractivity contribution in [3.63, 3.8) is 0 Å². The second-order valence-corrected chi connectivity index (χ2v) is 20.4. The molecule has 1 aromatic heterocycles. The van der Waals surface area contributed by atoms with Gasteiger partial charge in [0.1, 0.15) is 48.3 Å². The number of hydrogen-bond acceptors (Lipinski definition) is 13. The molecule has 0 fully saturated rings. The van der Waals surface area contributed by atoms with Crippen molar-refractivity contribution in [3.05, 3.63) is 36.0 Å². The van der Waals surface area contributed by atoms with Gasteiger partial charge in [-0.3, -0.25) is 47.9 Å². The minimum Gasteiger partial charge on any atom is -0.480 e. The highest BCUT2D eigenvalue weighted by Crippen LogP contribution is 2.20. The van der Waals surface area contributed by atoms with Gasteiger partial charge in [-0.25, -0.2) is 0 Å². The lowest BCUT2D eigenvalue weighted by Crippen LogP contribution is -2.62. The van der Waals surface area contributed by atoms with Crippen molar-refractivity contribution in [1.82, 2.24) is 47.5 Å². The van der Waals surface area contributed by atoms with Gasteiger partial charge in [0, 0.05) is 29.9 Å². The van der Waals surface area contributed by atoms with Crippen LogP contribution in [0.15, 0.2) is 30.5 Å². The largest absolute Gasteiger partial charge is 0.480 e. The molecule has 0 aliphatic carbocycles. The number of nitrogens with two attached hydrogens (primary N) is 2. The van der Waals surface area contributed by atoms with E-state index in [9.17, 15) is 58.2 Å². The summed E-state index contributed by atoms with van der Waals surface area (Å²) in [6.45, 7) is 14.7. The Labute approximate surface area is 431 Å². The molecule has 0 saturated heterocycles. The van der Waals surface area contributed by atoms with E-state index in [0.717, 1.165) is 10.9 Å². The van der Waals surface area contributed by atoms with E-state index in [4.69, 9.17) is 11.5 Å². The number of aromatic nitrogens is 1. The summed E-state index contributed by atoms with van der Waals surface area (Å²) in [6.07, 6.45) is 1.90. The fraction of sp³-hybridized carbons (Fsp3) is 0.633. The van der Waals surface area contributed by atoms with Gasteiger partial charge in [-0.15, -0.1) is 0 Å². The van der Waals surface area contributed by atoms with Crippen LogP contribution >= 0.6 is 11.8 Å². The Morgan fingerprint density at radius 1 is 0.616 bits per heavy atom. The van der Waals surface area contributed by atoms with E-state index < -0.39 is 126 Å². The number of para-hydroxylation sites is 1. The highest BCUT2D eigenvalue weighted by Gasteiger charge is 2.37. The van der Waals surface area contributed by atoms with Gasteiger partial charge < -0.3 is 69.2 Å². The van der Waals surface area contributed by atoms with Crippen LogP contribution < -0.4 is 54.0 Å². The quantitative estimate of drug-likeness (QED) is 0.0443. The topological polar surface area (TPSA) is 375 Å². The van der Waals surface area contributed by atoms with E-state index >= 15 is 0 Å². The Kier molecular flexibility index (Phi) is 26.4. The SMILES string of the molecule is CC[C@H](C)[C@H](NC(=O)[C@H](Cc1c[nH]c2ccccc12)NC(=O)[C@H](CCSC)NC(=O)[C@H](CC(C)C)NC(=O)[C@H](CC(C)C)NC(=O)[C@H](C)N)C(=O)N[C@H](C(=O)N[C@@H](CCC(N)=O)C(=O)N[C@@H](C)C(=O)O)[C@@H](C)O. The number of benzene rings is 1. The Bertz CT molecular complexity index is 2220. The molecule has 9 amide bonds. The molecular weight excluding hydrogens is 967 g/mol. The van der Waals surface area contributed by atoms with Crippen LogP contribution in [0.2, 0.25) is 0 Å². The highest BCUT2D eigenvalue weighted by molar-refractivity contribution is 7.98. The molecule has 408 valence electrons. The molecule has 23 nitrogen and oxygen atoms in total. The third-order valence-corrected chi connectivity index (χ3v) is 12.6. The van der Waals surface area contributed by atoms with E-state index in [1.54, 1.807) is 26.1 Å². The smallest absolute Gasteiger partial charge is 0.325 e. The number of thioether (sulfide) groups is 1. The van der Waals surface area contributed by atoms with Crippen LogP contribution in [0.1, 0.15) is 106 Å². The Hall–Kier alpha value is -6.27. The Morgan fingerprint density at radius 2 is 1.08 bits per heavy atom. The number of hydrogen-bond donors (Lipinski definition) is 13. The van der Waals surface area contributed by atoms with Gasteiger partial charge in [0.05, 0.1) is 12.1 Å². The van der Waals surface area contributed by atoms with Crippen molar-refractivity contribution >= 4 is 81.8 Å². The number of fused-ring (bicyclic) bond motifs is 1. The fourth-order valence-corrected chi connectivity index (χ4v) is 8.03. The summed E-state index contributed by atoms with van der Waals surface area (Å²) in [5, 5.41) is 41.6. The summed E-state index contributed by atoms with van der Waals surface area (Å²) < 4.78 is 0. The molecule has 0 radical (unpaired) electrons. The molecule has 24 heteroatoms. The number of primary amides is 1.